The molecular weight excluding hydrogens is 232 g/mol. The molecule has 0 aromatic carbocycles. The van der Waals surface area contributed by atoms with Crippen LogP contribution in [0.1, 0.15) is 6.92 Å². The minimum Gasteiger partial charge on any atom is -0.468 e. The fourth-order valence-electron chi connectivity index (χ4n) is 1.22. The van der Waals surface area contributed by atoms with E-state index in [4.69, 9.17) is 0 Å². The van der Waals surface area contributed by atoms with Crippen molar-refractivity contribution in [1.29, 1.82) is 0 Å². The summed E-state index contributed by atoms with van der Waals surface area (Å²) in [4.78, 5) is 22.3. The molecule has 1 aliphatic heterocycles. The number of rotatable bonds is 3. The normalized spacial score (nSPS) is 21.9. The molecule has 1 fully saturated rings. The molecule has 0 radical (unpaired) electrons. The highest BCUT2D eigenvalue weighted by Gasteiger charge is 2.31. The van der Waals surface area contributed by atoms with E-state index in [1.165, 1.54) is 7.11 Å². The molecule has 1 rings (SSSR count). The van der Waals surface area contributed by atoms with Gasteiger partial charge in [-0.25, -0.2) is 10.2 Å². The molecule has 1 saturated heterocycles. The van der Waals surface area contributed by atoms with E-state index in [-0.39, 0.29) is 18.5 Å². The van der Waals surface area contributed by atoms with Crippen molar-refractivity contribution >= 4 is 29.5 Å². The van der Waals surface area contributed by atoms with Crippen molar-refractivity contribution in [2.45, 2.75) is 6.92 Å². The summed E-state index contributed by atoms with van der Waals surface area (Å²) in [5, 5.41) is 3.86. The molecule has 1 atom stereocenters. The van der Waals surface area contributed by atoms with Crippen LogP contribution in [0.3, 0.4) is 0 Å². The Labute approximate surface area is 97.7 Å². The smallest absolute Gasteiger partial charge is 0.427 e. The standard InChI is InChI=1S/C9H14N2O4S/c1-3-15-9(13)11-10-7-5-16-4-6(7)8(12)14-2/h6H,3-5H2,1-2H3,(H,11,13)/b10-7-/t6-/m0/s1. The van der Waals surface area contributed by atoms with E-state index in [0.717, 1.165) is 0 Å². The van der Waals surface area contributed by atoms with Crippen molar-refractivity contribution in [2.75, 3.05) is 25.2 Å². The van der Waals surface area contributed by atoms with Crippen LogP contribution in [0.15, 0.2) is 5.10 Å². The largest absolute Gasteiger partial charge is 0.468 e. The molecule has 1 aliphatic rings. The lowest BCUT2D eigenvalue weighted by atomic mass is 10.1. The summed E-state index contributed by atoms with van der Waals surface area (Å²) in [5.41, 5.74) is 2.86. The van der Waals surface area contributed by atoms with Crippen molar-refractivity contribution in [3.05, 3.63) is 0 Å². The number of hydrogen-bond donors (Lipinski definition) is 1. The Balaban J connectivity index is 2.54. The van der Waals surface area contributed by atoms with Crippen LogP contribution in [0.5, 0.6) is 0 Å². The number of ether oxygens (including phenoxy) is 2. The van der Waals surface area contributed by atoms with E-state index in [1.807, 2.05) is 0 Å². The van der Waals surface area contributed by atoms with Gasteiger partial charge in [0, 0.05) is 11.5 Å². The molecule has 1 heterocycles. The zero-order chi connectivity index (χ0) is 12.0. The molecule has 0 unspecified atom stereocenters. The molecule has 0 aromatic rings. The van der Waals surface area contributed by atoms with Gasteiger partial charge in [-0.15, -0.1) is 0 Å². The third-order valence-corrected chi connectivity index (χ3v) is 3.06. The lowest BCUT2D eigenvalue weighted by molar-refractivity contribution is -0.142. The summed E-state index contributed by atoms with van der Waals surface area (Å²) in [7, 11) is 1.34. The van der Waals surface area contributed by atoms with Gasteiger partial charge in [0.2, 0.25) is 0 Å². The minimum absolute atomic E-state index is 0.284. The van der Waals surface area contributed by atoms with Crippen LogP contribution in [0.2, 0.25) is 0 Å². The van der Waals surface area contributed by atoms with Gasteiger partial charge in [0.05, 0.1) is 19.4 Å². The van der Waals surface area contributed by atoms with Crippen LogP contribution >= 0.6 is 11.8 Å². The predicted octanol–water partition coefficient (Wildman–Crippen LogP) is 0.624. The van der Waals surface area contributed by atoms with Crippen LogP contribution < -0.4 is 5.43 Å². The lowest BCUT2D eigenvalue weighted by Crippen LogP contribution is -2.27. The molecular formula is C9H14N2O4S. The SMILES string of the molecule is CCOC(=O)N/N=C1/CSC[C@@H]1C(=O)OC. The van der Waals surface area contributed by atoms with Crippen molar-refractivity contribution in [2.24, 2.45) is 11.0 Å². The van der Waals surface area contributed by atoms with E-state index in [9.17, 15) is 9.59 Å². The fourth-order valence-corrected chi connectivity index (χ4v) is 2.37. The van der Waals surface area contributed by atoms with Gasteiger partial charge in [-0.2, -0.15) is 16.9 Å². The van der Waals surface area contributed by atoms with E-state index in [0.29, 0.717) is 17.2 Å². The van der Waals surface area contributed by atoms with Crippen molar-refractivity contribution in [3.63, 3.8) is 0 Å². The summed E-state index contributed by atoms with van der Waals surface area (Å²) >= 11 is 1.58. The second-order valence-corrected chi connectivity index (χ2v) is 4.06. The predicted molar refractivity (Wildman–Crippen MR) is 60.4 cm³/mol. The third-order valence-electron chi connectivity index (χ3n) is 1.99. The van der Waals surface area contributed by atoms with Gasteiger partial charge in [0.1, 0.15) is 5.92 Å². The highest BCUT2D eigenvalue weighted by molar-refractivity contribution is 8.00. The molecule has 0 bridgehead atoms. The zero-order valence-electron chi connectivity index (χ0n) is 9.19. The van der Waals surface area contributed by atoms with Gasteiger partial charge in [0.15, 0.2) is 0 Å². The fraction of sp³-hybridized carbons (Fsp3) is 0.667. The topological polar surface area (TPSA) is 77.0 Å². The Bertz CT molecular complexity index is 306. The van der Waals surface area contributed by atoms with Crippen LogP contribution in [-0.2, 0) is 14.3 Å². The van der Waals surface area contributed by atoms with Crippen molar-refractivity contribution in [1.82, 2.24) is 5.43 Å². The summed E-state index contributed by atoms with van der Waals surface area (Å²) in [6, 6.07) is 0. The number of carbonyl (C=O) groups is 2. The number of methoxy groups -OCH3 is 1. The zero-order valence-corrected chi connectivity index (χ0v) is 10.0. The Morgan fingerprint density at radius 1 is 1.62 bits per heavy atom. The quantitative estimate of drug-likeness (QED) is 0.583. The molecule has 1 amide bonds. The molecule has 0 saturated carbocycles. The maximum Gasteiger partial charge on any atom is 0.427 e. The number of nitrogens with zero attached hydrogens (tertiary/aromatic N) is 1. The molecule has 1 N–H and O–H groups in total. The highest BCUT2D eigenvalue weighted by Crippen LogP contribution is 2.22. The number of carbonyl (C=O) groups excluding carboxylic acids is 2. The summed E-state index contributed by atoms with van der Waals surface area (Å²) < 4.78 is 9.29. The first-order valence-corrected chi connectivity index (χ1v) is 5.99. The Kier molecular flexibility index (Phi) is 5.10. The van der Waals surface area contributed by atoms with Crippen molar-refractivity contribution in [3.8, 4) is 0 Å². The van der Waals surface area contributed by atoms with E-state index < -0.39 is 6.09 Å². The van der Waals surface area contributed by atoms with Crippen molar-refractivity contribution < 1.29 is 19.1 Å². The number of nitrogens with one attached hydrogen (secondary N) is 1. The molecule has 0 spiro atoms. The first-order chi connectivity index (χ1) is 7.69. The number of thioether (sulfide) groups is 1. The van der Waals surface area contributed by atoms with E-state index >= 15 is 0 Å². The number of hydrogen-bond acceptors (Lipinski definition) is 6. The van der Waals surface area contributed by atoms with E-state index in [1.54, 1.807) is 18.7 Å². The van der Waals surface area contributed by atoms with Gasteiger partial charge >= 0.3 is 12.1 Å². The molecule has 90 valence electrons. The van der Waals surface area contributed by atoms with Crippen LogP contribution in [0.25, 0.3) is 0 Å². The number of hydrazone groups is 1. The summed E-state index contributed by atoms with van der Waals surface area (Å²) in [6.45, 7) is 1.99. The first-order valence-electron chi connectivity index (χ1n) is 4.83. The second kappa shape index (κ2) is 6.37. The van der Waals surface area contributed by atoms with Gasteiger partial charge in [0.25, 0.3) is 0 Å². The second-order valence-electron chi connectivity index (χ2n) is 3.03. The molecule has 16 heavy (non-hydrogen) atoms. The van der Waals surface area contributed by atoms with E-state index in [2.05, 4.69) is 20.0 Å². The monoisotopic (exact) mass is 246 g/mol. The van der Waals surface area contributed by atoms with Gasteiger partial charge in [-0.3, -0.25) is 4.79 Å². The molecule has 0 aromatic heterocycles. The molecule has 0 aliphatic carbocycles. The Morgan fingerprint density at radius 2 is 2.38 bits per heavy atom. The van der Waals surface area contributed by atoms with Gasteiger partial charge in [-0.1, -0.05) is 0 Å². The average Bonchev–Trinajstić information content (AvgIpc) is 2.74. The number of esters is 1. The first kappa shape index (κ1) is 12.8. The maximum atomic E-state index is 11.3. The molecule has 7 heteroatoms. The van der Waals surface area contributed by atoms with Crippen LogP contribution in [-0.4, -0.2) is 43.0 Å². The maximum absolute atomic E-state index is 11.3. The Morgan fingerprint density at radius 3 is 3.00 bits per heavy atom. The van der Waals surface area contributed by atoms with Crippen LogP contribution in [0, 0.1) is 5.92 Å². The molecule has 6 nitrogen and oxygen atoms in total. The number of amides is 1. The Hall–Kier alpha value is -1.24. The minimum atomic E-state index is -0.615. The van der Waals surface area contributed by atoms with Gasteiger partial charge in [-0.05, 0) is 6.92 Å². The summed E-state index contributed by atoms with van der Waals surface area (Å²) in [5.74, 6) is 0.564. The van der Waals surface area contributed by atoms with Gasteiger partial charge < -0.3 is 9.47 Å². The lowest BCUT2D eigenvalue weighted by Gasteiger charge is -2.07. The summed E-state index contributed by atoms with van der Waals surface area (Å²) in [6.07, 6.45) is -0.615. The van der Waals surface area contributed by atoms with Crippen LogP contribution in [0.4, 0.5) is 4.79 Å². The third kappa shape index (κ3) is 3.41. The average molecular weight is 246 g/mol. The highest BCUT2D eigenvalue weighted by atomic mass is 32.2.